The first-order valence-corrected chi connectivity index (χ1v) is 6.89. The minimum atomic E-state index is 0. The zero-order chi connectivity index (χ0) is 12.8. The molecule has 4 heteroatoms. The third kappa shape index (κ3) is 4.84. The summed E-state index contributed by atoms with van der Waals surface area (Å²) in [7, 11) is 0. The topological polar surface area (TPSA) is 55.1 Å². The molecule has 0 heterocycles. The summed E-state index contributed by atoms with van der Waals surface area (Å²) < 4.78 is 0. The quantitative estimate of drug-likeness (QED) is 0.834. The van der Waals surface area contributed by atoms with Gasteiger partial charge in [-0.05, 0) is 30.5 Å². The van der Waals surface area contributed by atoms with Crippen LogP contribution in [0.5, 0.6) is 0 Å². The van der Waals surface area contributed by atoms with Crippen LogP contribution in [0.2, 0.25) is 0 Å². The van der Waals surface area contributed by atoms with E-state index in [0.29, 0.717) is 6.54 Å². The molecular formula is C15H23ClN2O. The summed E-state index contributed by atoms with van der Waals surface area (Å²) in [5.74, 6) is 0.374. The lowest BCUT2D eigenvalue weighted by Gasteiger charge is -2.14. The first-order chi connectivity index (χ1) is 8.79. The Labute approximate surface area is 121 Å². The Morgan fingerprint density at radius 2 is 1.68 bits per heavy atom. The Morgan fingerprint density at radius 1 is 1.11 bits per heavy atom. The molecule has 2 rings (SSSR count). The summed E-state index contributed by atoms with van der Waals surface area (Å²) in [6.45, 7) is 0.539. The van der Waals surface area contributed by atoms with Gasteiger partial charge in [0.2, 0.25) is 5.91 Å². The molecular weight excluding hydrogens is 260 g/mol. The molecule has 1 aromatic carbocycles. The fourth-order valence-corrected chi connectivity index (χ4v) is 2.51. The van der Waals surface area contributed by atoms with Crippen molar-refractivity contribution >= 4 is 24.0 Å². The van der Waals surface area contributed by atoms with E-state index in [4.69, 9.17) is 5.73 Å². The van der Waals surface area contributed by atoms with Crippen molar-refractivity contribution in [3.8, 4) is 0 Å². The van der Waals surface area contributed by atoms with E-state index in [1.165, 1.54) is 25.7 Å². The van der Waals surface area contributed by atoms with Crippen molar-refractivity contribution in [1.29, 1.82) is 0 Å². The van der Waals surface area contributed by atoms with E-state index in [9.17, 15) is 4.79 Å². The lowest BCUT2D eigenvalue weighted by Crippen LogP contribution is -2.22. The summed E-state index contributed by atoms with van der Waals surface area (Å²) in [6, 6.07) is 7.78. The predicted molar refractivity (Wildman–Crippen MR) is 81.4 cm³/mol. The third-order valence-electron chi connectivity index (χ3n) is 3.68. The van der Waals surface area contributed by atoms with Crippen LogP contribution in [0.3, 0.4) is 0 Å². The first kappa shape index (κ1) is 16.0. The van der Waals surface area contributed by atoms with Crippen LogP contribution in [-0.4, -0.2) is 5.91 Å². The largest absolute Gasteiger partial charge is 0.326 e. The Kier molecular flexibility index (Phi) is 6.89. The summed E-state index contributed by atoms with van der Waals surface area (Å²) in [5.41, 5.74) is 7.51. The highest BCUT2D eigenvalue weighted by Crippen LogP contribution is 2.24. The smallest absolute Gasteiger partial charge is 0.227 e. The van der Waals surface area contributed by atoms with Crippen molar-refractivity contribution in [2.45, 2.75) is 45.1 Å². The molecule has 0 spiro atoms. The van der Waals surface area contributed by atoms with Gasteiger partial charge in [-0.15, -0.1) is 12.4 Å². The van der Waals surface area contributed by atoms with Crippen molar-refractivity contribution in [1.82, 2.24) is 0 Å². The van der Waals surface area contributed by atoms with E-state index in [1.54, 1.807) is 0 Å². The van der Waals surface area contributed by atoms with Crippen molar-refractivity contribution in [3.63, 3.8) is 0 Å². The average molecular weight is 283 g/mol. The zero-order valence-corrected chi connectivity index (χ0v) is 12.0. The van der Waals surface area contributed by atoms with Crippen LogP contribution < -0.4 is 11.1 Å². The molecule has 0 atom stereocenters. The molecule has 0 unspecified atom stereocenters. The van der Waals surface area contributed by atoms with E-state index in [0.717, 1.165) is 24.1 Å². The minimum absolute atomic E-state index is 0. The fraction of sp³-hybridized carbons (Fsp3) is 0.533. The monoisotopic (exact) mass is 282 g/mol. The van der Waals surface area contributed by atoms with Crippen molar-refractivity contribution in [3.05, 3.63) is 29.8 Å². The predicted octanol–water partition coefficient (Wildman–Crippen LogP) is 3.48. The molecule has 0 radical (unpaired) electrons. The van der Waals surface area contributed by atoms with Crippen molar-refractivity contribution in [2.24, 2.45) is 11.7 Å². The van der Waals surface area contributed by atoms with Crippen LogP contribution in [0.25, 0.3) is 0 Å². The van der Waals surface area contributed by atoms with Gasteiger partial charge in [0.25, 0.3) is 0 Å². The number of rotatable bonds is 3. The fourth-order valence-electron chi connectivity index (χ4n) is 2.51. The molecule has 3 nitrogen and oxygen atoms in total. The van der Waals surface area contributed by atoms with Gasteiger partial charge >= 0.3 is 0 Å². The maximum absolute atomic E-state index is 12.1. The molecule has 1 aliphatic carbocycles. The van der Waals surface area contributed by atoms with Gasteiger partial charge in [-0.25, -0.2) is 0 Å². The molecule has 0 aromatic heterocycles. The maximum atomic E-state index is 12.1. The molecule has 19 heavy (non-hydrogen) atoms. The van der Waals surface area contributed by atoms with E-state index < -0.39 is 0 Å². The number of carbonyl (C=O) groups excluding carboxylic acids is 1. The maximum Gasteiger partial charge on any atom is 0.227 e. The van der Waals surface area contributed by atoms with Gasteiger partial charge in [0.15, 0.2) is 0 Å². The first-order valence-electron chi connectivity index (χ1n) is 6.89. The van der Waals surface area contributed by atoms with Crippen molar-refractivity contribution < 1.29 is 4.79 Å². The minimum Gasteiger partial charge on any atom is -0.326 e. The van der Waals surface area contributed by atoms with Crippen LogP contribution in [0, 0.1) is 5.92 Å². The number of amides is 1. The highest BCUT2D eigenvalue weighted by Gasteiger charge is 2.19. The zero-order valence-electron chi connectivity index (χ0n) is 11.2. The average Bonchev–Trinajstić information content (AvgIpc) is 2.68. The van der Waals surface area contributed by atoms with Crippen LogP contribution in [0.1, 0.15) is 44.1 Å². The van der Waals surface area contributed by atoms with E-state index in [2.05, 4.69) is 5.32 Å². The normalized spacial score (nSPS) is 16.3. The Hall–Kier alpha value is -1.06. The number of hydrogen-bond donors (Lipinski definition) is 2. The third-order valence-corrected chi connectivity index (χ3v) is 3.68. The van der Waals surface area contributed by atoms with Gasteiger partial charge in [0.1, 0.15) is 0 Å². The Morgan fingerprint density at radius 3 is 2.21 bits per heavy atom. The molecule has 1 saturated carbocycles. The van der Waals surface area contributed by atoms with Gasteiger partial charge in [0, 0.05) is 18.2 Å². The molecule has 106 valence electrons. The van der Waals surface area contributed by atoms with E-state index >= 15 is 0 Å². The summed E-state index contributed by atoms with van der Waals surface area (Å²) in [4.78, 5) is 12.1. The molecule has 3 N–H and O–H groups in total. The summed E-state index contributed by atoms with van der Waals surface area (Å²) >= 11 is 0. The van der Waals surface area contributed by atoms with Gasteiger partial charge < -0.3 is 11.1 Å². The van der Waals surface area contributed by atoms with Crippen LogP contribution in [-0.2, 0) is 11.3 Å². The second kappa shape index (κ2) is 8.18. The van der Waals surface area contributed by atoms with Gasteiger partial charge in [-0.1, -0.05) is 37.8 Å². The molecule has 0 saturated heterocycles. The second-order valence-corrected chi connectivity index (χ2v) is 5.08. The highest BCUT2D eigenvalue weighted by molar-refractivity contribution is 5.92. The number of halogens is 1. The SMILES string of the molecule is Cl.NCc1ccc(NC(=O)C2CCCCCC2)cc1. The molecule has 1 aromatic rings. The number of hydrogen-bond acceptors (Lipinski definition) is 2. The molecule has 0 aliphatic heterocycles. The van der Waals surface area contributed by atoms with Crippen LogP contribution in [0.15, 0.2) is 24.3 Å². The number of nitrogens with one attached hydrogen (secondary N) is 1. The number of anilines is 1. The second-order valence-electron chi connectivity index (χ2n) is 5.08. The molecule has 1 aliphatic rings. The lowest BCUT2D eigenvalue weighted by molar-refractivity contribution is -0.120. The molecule has 0 bridgehead atoms. The standard InChI is InChI=1S/C15H22N2O.ClH/c16-11-12-7-9-14(10-8-12)17-15(18)13-5-3-1-2-4-6-13;/h7-10,13H,1-6,11,16H2,(H,17,18);1H. The van der Waals surface area contributed by atoms with Crippen LogP contribution in [0.4, 0.5) is 5.69 Å². The Bertz CT molecular complexity index is 384. The summed E-state index contributed by atoms with van der Waals surface area (Å²) in [6.07, 6.45) is 6.98. The lowest BCUT2D eigenvalue weighted by atomic mass is 9.99. The number of nitrogens with two attached hydrogens (primary N) is 1. The number of benzene rings is 1. The summed E-state index contributed by atoms with van der Waals surface area (Å²) in [5, 5.41) is 3.01. The molecule has 1 fully saturated rings. The van der Waals surface area contributed by atoms with Gasteiger partial charge in [-0.3, -0.25) is 4.79 Å². The van der Waals surface area contributed by atoms with Gasteiger partial charge in [0.05, 0.1) is 0 Å². The molecule has 1 amide bonds. The van der Waals surface area contributed by atoms with Crippen molar-refractivity contribution in [2.75, 3.05) is 5.32 Å². The highest BCUT2D eigenvalue weighted by atomic mass is 35.5. The van der Waals surface area contributed by atoms with E-state index in [1.807, 2.05) is 24.3 Å². The Balaban J connectivity index is 0.00000180. The van der Waals surface area contributed by atoms with E-state index in [-0.39, 0.29) is 24.2 Å². The van der Waals surface area contributed by atoms with Crippen LogP contribution >= 0.6 is 12.4 Å². The van der Waals surface area contributed by atoms with Gasteiger partial charge in [-0.2, -0.15) is 0 Å². The number of carbonyl (C=O) groups is 1.